The molecule has 0 saturated heterocycles. The Morgan fingerprint density at radius 2 is 2.24 bits per heavy atom. The van der Waals surface area contributed by atoms with Gasteiger partial charge in [0.2, 0.25) is 6.39 Å². The molecule has 2 aromatic heterocycles. The fourth-order valence-electron chi connectivity index (χ4n) is 1.65. The van der Waals surface area contributed by atoms with Gasteiger partial charge in [-0.1, -0.05) is 5.16 Å². The van der Waals surface area contributed by atoms with Gasteiger partial charge in [0.1, 0.15) is 9.88 Å². The standard InChI is InChI=1S/C11H14N6O3S/c1-2-14-10(19)8-7(12)6(9(13)18)11(21-8)15-3-5-16-4-20-17-5/h4,15H,2-3,12H2,1H3,(H2,13,18)(H,14,19). The molecule has 0 saturated carbocycles. The number of aromatic nitrogens is 2. The Bertz CT molecular complexity index is 651. The summed E-state index contributed by atoms with van der Waals surface area (Å²) in [7, 11) is 0. The molecular formula is C11H14N6O3S. The van der Waals surface area contributed by atoms with Crippen molar-refractivity contribution in [2.24, 2.45) is 5.73 Å². The summed E-state index contributed by atoms with van der Waals surface area (Å²) in [6.07, 6.45) is 1.19. The Kier molecular flexibility index (Phi) is 4.38. The molecule has 0 aromatic carbocycles. The first-order valence-electron chi connectivity index (χ1n) is 6.04. The number of primary amides is 1. The number of nitrogens with zero attached hydrogens (tertiary/aromatic N) is 2. The van der Waals surface area contributed by atoms with Gasteiger partial charge in [-0.15, -0.1) is 11.3 Å². The molecule has 9 nitrogen and oxygen atoms in total. The van der Waals surface area contributed by atoms with Crippen LogP contribution in [0.15, 0.2) is 10.9 Å². The zero-order valence-electron chi connectivity index (χ0n) is 11.2. The van der Waals surface area contributed by atoms with Crippen molar-refractivity contribution in [3.63, 3.8) is 0 Å². The average Bonchev–Trinajstić information content (AvgIpc) is 3.03. The summed E-state index contributed by atoms with van der Waals surface area (Å²) < 4.78 is 4.60. The number of carbonyl (C=O) groups is 2. The minimum Gasteiger partial charge on any atom is -0.397 e. The van der Waals surface area contributed by atoms with Crippen LogP contribution in [0.4, 0.5) is 10.7 Å². The van der Waals surface area contributed by atoms with E-state index in [1.54, 1.807) is 6.92 Å². The van der Waals surface area contributed by atoms with Crippen LogP contribution in [0.2, 0.25) is 0 Å². The highest BCUT2D eigenvalue weighted by molar-refractivity contribution is 7.19. The van der Waals surface area contributed by atoms with Gasteiger partial charge in [0, 0.05) is 6.54 Å². The van der Waals surface area contributed by atoms with Crippen molar-refractivity contribution < 1.29 is 14.1 Å². The summed E-state index contributed by atoms with van der Waals surface area (Å²) in [5, 5.41) is 9.57. The van der Waals surface area contributed by atoms with Gasteiger partial charge in [0.05, 0.1) is 17.8 Å². The van der Waals surface area contributed by atoms with Crippen LogP contribution in [-0.4, -0.2) is 28.5 Å². The average molecular weight is 310 g/mol. The molecule has 0 aliphatic heterocycles. The van der Waals surface area contributed by atoms with Gasteiger partial charge in [-0.3, -0.25) is 9.59 Å². The van der Waals surface area contributed by atoms with Crippen molar-refractivity contribution in [2.45, 2.75) is 13.5 Å². The minimum atomic E-state index is -0.713. The first-order valence-corrected chi connectivity index (χ1v) is 6.85. The summed E-state index contributed by atoms with van der Waals surface area (Å²) in [6, 6.07) is 0. The second kappa shape index (κ2) is 6.22. The Morgan fingerprint density at radius 3 is 2.81 bits per heavy atom. The molecule has 0 aliphatic rings. The van der Waals surface area contributed by atoms with Crippen molar-refractivity contribution in [3.05, 3.63) is 22.7 Å². The van der Waals surface area contributed by atoms with Gasteiger partial charge in [0.25, 0.3) is 11.8 Å². The van der Waals surface area contributed by atoms with Crippen molar-refractivity contribution in [2.75, 3.05) is 17.6 Å². The normalized spacial score (nSPS) is 10.3. The van der Waals surface area contributed by atoms with Gasteiger partial charge in [-0.2, -0.15) is 4.98 Å². The van der Waals surface area contributed by atoms with E-state index in [4.69, 9.17) is 11.5 Å². The Hall–Kier alpha value is -2.62. The van der Waals surface area contributed by atoms with Crippen molar-refractivity contribution in [1.82, 2.24) is 15.5 Å². The second-order valence-electron chi connectivity index (χ2n) is 3.97. The van der Waals surface area contributed by atoms with Gasteiger partial charge >= 0.3 is 0 Å². The first-order chi connectivity index (χ1) is 10.0. The Balaban J connectivity index is 2.28. The number of carbonyl (C=O) groups excluding carboxylic acids is 2. The largest absolute Gasteiger partial charge is 0.397 e. The van der Waals surface area contributed by atoms with Crippen LogP contribution in [0.1, 0.15) is 32.8 Å². The fraction of sp³-hybridized carbons (Fsp3) is 0.273. The lowest BCUT2D eigenvalue weighted by Gasteiger charge is -2.02. The molecule has 0 spiro atoms. The molecule has 0 bridgehead atoms. The number of amides is 2. The molecule has 10 heteroatoms. The van der Waals surface area contributed by atoms with E-state index in [1.165, 1.54) is 6.39 Å². The summed E-state index contributed by atoms with van der Waals surface area (Å²) in [5.74, 6) is -0.665. The van der Waals surface area contributed by atoms with Gasteiger partial charge in [-0.05, 0) is 6.92 Å². The van der Waals surface area contributed by atoms with E-state index >= 15 is 0 Å². The summed E-state index contributed by atoms with van der Waals surface area (Å²) in [4.78, 5) is 27.5. The van der Waals surface area contributed by atoms with Crippen LogP contribution in [-0.2, 0) is 6.54 Å². The van der Waals surface area contributed by atoms with Crippen LogP contribution in [0.25, 0.3) is 0 Å². The number of nitrogens with one attached hydrogen (secondary N) is 2. The molecule has 2 aromatic rings. The SMILES string of the molecule is CCNC(=O)c1sc(NCc2ncon2)c(C(N)=O)c1N. The van der Waals surface area contributed by atoms with Gasteiger partial charge in [0.15, 0.2) is 5.82 Å². The number of rotatable bonds is 6. The highest BCUT2D eigenvalue weighted by atomic mass is 32.1. The zero-order valence-corrected chi connectivity index (χ0v) is 12.0. The third-order valence-electron chi connectivity index (χ3n) is 2.55. The first kappa shape index (κ1) is 14.8. The third kappa shape index (κ3) is 3.11. The number of hydrogen-bond donors (Lipinski definition) is 4. The predicted octanol–water partition coefficient (Wildman–Crippen LogP) is 0.174. The molecule has 0 atom stereocenters. The van der Waals surface area contributed by atoms with Crippen LogP contribution in [0, 0.1) is 0 Å². The van der Waals surface area contributed by atoms with E-state index in [0.717, 1.165) is 11.3 Å². The van der Waals surface area contributed by atoms with Gasteiger partial charge < -0.3 is 26.6 Å². The smallest absolute Gasteiger partial charge is 0.263 e. The molecule has 0 fully saturated rings. The Morgan fingerprint density at radius 1 is 1.48 bits per heavy atom. The lowest BCUT2D eigenvalue weighted by atomic mass is 10.2. The van der Waals surface area contributed by atoms with Crippen LogP contribution in [0.5, 0.6) is 0 Å². The molecule has 2 heterocycles. The van der Waals surface area contributed by atoms with E-state index in [2.05, 4.69) is 25.3 Å². The summed E-state index contributed by atoms with van der Waals surface area (Å²) >= 11 is 1.05. The number of nitrogen functional groups attached to an aromatic ring is 1. The number of hydrogen-bond acceptors (Lipinski definition) is 8. The minimum absolute atomic E-state index is 0.0639. The third-order valence-corrected chi connectivity index (χ3v) is 3.71. The molecule has 21 heavy (non-hydrogen) atoms. The van der Waals surface area contributed by atoms with E-state index in [0.29, 0.717) is 17.4 Å². The van der Waals surface area contributed by atoms with Crippen molar-refractivity contribution in [3.8, 4) is 0 Å². The van der Waals surface area contributed by atoms with Crippen LogP contribution in [0.3, 0.4) is 0 Å². The summed E-state index contributed by atoms with van der Waals surface area (Å²) in [6.45, 7) is 2.45. The molecule has 0 radical (unpaired) electrons. The van der Waals surface area contributed by atoms with Gasteiger partial charge in [-0.25, -0.2) is 0 Å². The predicted molar refractivity (Wildman–Crippen MR) is 76.9 cm³/mol. The van der Waals surface area contributed by atoms with E-state index in [-0.39, 0.29) is 28.6 Å². The number of anilines is 2. The number of thiophene rings is 1. The maximum atomic E-state index is 11.9. The van der Waals surface area contributed by atoms with E-state index in [1.807, 2.05) is 0 Å². The maximum absolute atomic E-state index is 11.9. The highest BCUT2D eigenvalue weighted by Gasteiger charge is 2.24. The summed E-state index contributed by atoms with van der Waals surface area (Å²) in [5.41, 5.74) is 11.3. The van der Waals surface area contributed by atoms with Crippen molar-refractivity contribution in [1.29, 1.82) is 0 Å². The maximum Gasteiger partial charge on any atom is 0.263 e. The molecule has 2 rings (SSSR count). The molecule has 112 valence electrons. The monoisotopic (exact) mass is 310 g/mol. The van der Waals surface area contributed by atoms with E-state index < -0.39 is 5.91 Å². The molecule has 0 aliphatic carbocycles. The fourth-order valence-corrected chi connectivity index (χ4v) is 2.69. The van der Waals surface area contributed by atoms with Crippen LogP contribution >= 0.6 is 11.3 Å². The lowest BCUT2D eigenvalue weighted by molar-refractivity contribution is 0.0960. The number of nitrogens with two attached hydrogens (primary N) is 2. The Labute approximate surface area is 123 Å². The highest BCUT2D eigenvalue weighted by Crippen LogP contribution is 2.35. The van der Waals surface area contributed by atoms with E-state index in [9.17, 15) is 9.59 Å². The molecule has 0 unspecified atom stereocenters. The van der Waals surface area contributed by atoms with Crippen LogP contribution < -0.4 is 22.1 Å². The zero-order chi connectivity index (χ0) is 15.4. The molecular weight excluding hydrogens is 296 g/mol. The quantitative estimate of drug-likeness (QED) is 0.594. The van der Waals surface area contributed by atoms with Crippen molar-refractivity contribution >= 4 is 33.8 Å². The lowest BCUT2D eigenvalue weighted by Crippen LogP contribution is -2.23. The second-order valence-corrected chi connectivity index (χ2v) is 4.99. The molecule has 6 N–H and O–H groups in total. The topological polar surface area (TPSA) is 149 Å². The molecule has 2 amide bonds.